The number of urea groups is 2. The van der Waals surface area contributed by atoms with Gasteiger partial charge >= 0.3 is 24.2 Å². The number of carbonyl (C=O) groups is 8. The van der Waals surface area contributed by atoms with E-state index in [1.165, 1.54) is 85.3 Å². The monoisotopic (exact) mass is 766 g/mol. The lowest BCUT2D eigenvalue weighted by molar-refractivity contribution is -0.127. The van der Waals surface area contributed by atoms with Crippen molar-refractivity contribution in [3.05, 3.63) is 0 Å². The number of thioether (sulfide) groups is 2. The first-order chi connectivity index (χ1) is 22.9. The average Bonchev–Trinajstić information content (AvgIpc) is 3.10. The maximum absolute atomic E-state index is 10.3. The standard InChI is InChI=1S/2C4H10N2O.2C4H9NO.2C3H7NO2.2C3H7NOS/c2*1-5-4(7)6(2)3;2*1-4(6)5(2)3;4*1-4-3(5)6-2/h2*1-3H3,(H,5,7);2*1-3H3;4*1-2H3,(H,4,5). The van der Waals surface area contributed by atoms with Gasteiger partial charge in [-0.05, 0) is 12.5 Å². The Morgan fingerprint density at radius 1 is 0.420 bits per heavy atom. The Kier molecular flexibility index (Phi) is 63.0. The third-order valence-electron chi connectivity index (χ3n) is 4.06. The predicted octanol–water partition coefficient (Wildman–Crippen LogP) is 1.29. The van der Waals surface area contributed by atoms with E-state index < -0.39 is 12.2 Å². The Bertz CT molecular complexity index is 766. The van der Waals surface area contributed by atoms with E-state index in [1.54, 1.807) is 97.1 Å². The third kappa shape index (κ3) is 79.3. The minimum absolute atomic E-state index is 0.00926. The van der Waals surface area contributed by atoms with Crippen molar-refractivity contribution in [2.24, 2.45) is 0 Å². The van der Waals surface area contributed by atoms with Gasteiger partial charge in [0.05, 0.1) is 14.2 Å². The van der Waals surface area contributed by atoms with Crippen LogP contribution in [0.15, 0.2) is 0 Å². The van der Waals surface area contributed by atoms with Crippen LogP contribution in [0, 0.1) is 0 Å². The van der Waals surface area contributed by atoms with Gasteiger partial charge < -0.3 is 61.0 Å². The van der Waals surface area contributed by atoms with Crippen LogP contribution in [0.25, 0.3) is 0 Å². The Balaban J connectivity index is -0.0000000673. The number of carbonyl (C=O) groups excluding carboxylic acids is 8. The van der Waals surface area contributed by atoms with Crippen molar-refractivity contribution in [1.82, 2.24) is 51.5 Å². The molecule has 0 rings (SSSR count). The van der Waals surface area contributed by atoms with Gasteiger partial charge in [-0.3, -0.25) is 19.2 Å². The Morgan fingerprint density at radius 3 is 0.620 bits per heavy atom. The minimum Gasteiger partial charge on any atom is -0.453 e. The summed E-state index contributed by atoms with van der Waals surface area (Å²) in [5, 5.41) is 14.3. The van der Waals surface area contributed by atoms with Gasteiger partial charge in [0, 0.05) is 113 Å². The summed E-state index contributed by atoms with van der Waals surface area (Å²) in [5.74, 6) is 0.185. The molecular formula is C28H66N10O10S2. The number of hydrogen-bond acceptors (Lipinski definition) is 12. The fraction of sp³-hybridized carbons (Fsp3) is 0.714. The molecule has 0 unspecified atom stereocenters. The number of ether oxygens (including phenoxy) is 2. The van der Waals surface area contributed by atoms with E-state index >= 15 is 0 Å². The Morgan fingerprint density at radius 2 is 0.620 bits per heavy atom. The zero-order valence-electron chi connectivity index (χ0n) is 33.7. The molecule has 0 saturated carbocycles. The zero-order chi connectivity index (χ0) is 42.0. The molecule has 0 aliphatic carbocycles. The van der Waals surface area contributed by atoms with Crippen molar-refractivity contribution < 1.29 is 47.8 Å². The maximum Gasteiger partial charge on any atom is 0.406 e. The number of alkyl carbamates (subject to hydrolysis) is 2. The van der Waals surface area contributed by atoms with Crippen molar-refractivity contribution >= 4 is 70.1 Å². The molecule has 0 aliphatic rings. The van der Waals surface area contributed by atoms with E-state index in [0.29, 0.717) is 0 Å². The molecule has 0 aromatic heterocycles. The Labute approximate surface area is 308 Å². The summed E-state index contributed by atoms with van der Waals surface area (Å²) in [6.45, 7) is 3.06. The first-order valence-electron chi connectivity index (χ1n) is 14.1. The van der Waals surface area contributed by atoms with E-state index in [0.717, 1.165) is 0 Å². The molecule has 22 heteroatoms. The summed E-state index contributed by atoms with van der Waals surface area (Å²) < 4.78 is 8.30. The molecule has 10 amide bonds. The van der Waals surface area contributed by atoms with Crippen LogP contribution in [-0.4, -0.2) is 192 Å². The normalized spacial score (nSPS) is 7.60. The predicted molar refractivity (Wildman–Crippen MR) is 204 cm³/mol. The second-order valence-corrected chi connectivity index (χ2v) is 10.3. The van der Waals surface area contributed by atoms with Gasteiger partial charge in [-0.2, -0.15) is 0 Å². The highest BCUT2D eigenvalue weighted by Crippen LogP contribution is 1.89. The molecule has 300 valence electrons. The first-order valence-corrected chi connectivity index (χ1v) is 16.5. The van der Waals surface area contributed by atoms with Crippen LogP contribution in [-0.2, 0) is 19.1 Å². The van der Waals surface area contributed by atoms with Crippen LogP contribution in [0.5, 0.6) is 0 Å². The number of rotatable bonds is 0. The van der Waals surface area contributed by atoms with E-state index in [9.17, 15) is 38.4 Å². The molecule has 0 aromatic rings. The lowest BCUT2D eigenvalue weighted by atomic mass is 10.7. The molecule has 0 atom stereocenters. The van der Waals surface area contributed by atoms with Crippen LogP contribution in [0.4, 0.5) is 28.8 Å². The summed E-state index contributed by atoms with van der Waals surface area (Å²) in [6.07, 6.45) is 2.66. The number of amides is 10. The van der Waals surface area contributed by atoms with Gasteiger partial charge in [0.25, 0.3) is 10.5 Å². The highest BCUT2D eigenvalue weighted by molar-refractivity contribution is 8.13. The Hall–Kier alpha value is -4.34. The van der Waals surface area contributed by atoms with E-state index in [2.05, 4.69) is 41.4 Å². The van der Waals surface area contributed by atoms with Gasteiger partial charge in [0.15, 0.2) is 0 Å². The van der Waals surface area contributed by atoms with Crippen LogP contribution < -0.4 is 31.9 Å². The number of nitrogens with one attached hydrogen (secondary N) is 6. The zero-order valence-corrected chi connectivity index (χ0v) is 35.3. The highest BCUT2D eigenvalue weighted by atomic mass is 32.2. The summed E-state index contributed by atoms with van der Waals surface area (Å²) in [6, 6.07) is -0.139. The smallest absolute Gasteiger partial charge is 0.406 e. The van der Waals surface area contributed by atoms with Crippen molar-refractivity contribution in [1.29, 1.82) is 0 Å². The quantitative estimate of drug-likeness (QED) is 0.205. The molecule has 0 spiro atoms. The lowest BCUT2D eigenvalue weighted by Gasteiger charge is -2.06. The molecule has 0 aliphatic heterocycles. The average molecular weight is 767 g/mol. The third-order valence-corrected chi connectivity index (χ3v) is 5.21. The molecule has 0 saturated heterocycles. The molecule has 0 fully saturated rings. The molecular weight excluding hydrogens is 701 g/mol. The van der Waals surface area contributed by atoms with Crippen molar-refractivity contribution in [3.8, 4) is 0 Å². The van der Waals surface area contributed by atoms with Crippen molar-refractivity contribution in [2.75, 3.05) is 125 Å². The van der Waals surface area contributed by atoms with E-state index in [4.69, 9.17) is 0 Å². The van der Waals surface area contributed by atoms with Crippen LogP contribution >= 0.6 is 23.5 Å². The van der Waals surface area contributed by atoms with E-state index in [1.807, 2.05) is 0 Å². The SMILES string of the molecule is CC(=O)N(C)C.CC(=O)N(C)C.CNC(=O)N(C)C.CNC(=O)N(C)C.CNC(=O)OC.CNC(=O)OC.CNC(=O)SC.CNC(=O)SC. The summed E-state index contributed by atoms with van der Waals surface area (Å²) in [5.41, 5.74) is 0. The van der Waals surface area contributed by atoms with Crippen molar-refractivity contribution in [3.63, 3.8) is 0 Å². The van der Waals surface area contributed by atoms with E-state index in [-0.39, 0.29) is 34.4 Å². The molecule has 0 aromatic carbocycles. The molecule has 50 heavy (non-hydrogen) atoms. The van der Waals surface area contributed by atoms with Gasteiger partial charge in [-0.25, -0.2) is 19.2 Å². The van der Waals surface area contributed by atoms with Crippen molar-refractivity contribution in [2.45, 2.75) is 13.8 Å². The highest BCUT2D eigenvalue weighted by Gasteiger charge is 1.95. The molecule has 0 radical (unpaired) electrons. The number of methoxy groups -OCH3 is 2. The topological polar surface area (TPSA) is 240 Å². The second-order valence-electron chi connectivity index (χ2n) is 8.69. The largest absolute Gasteiger partial charge is 0.453 e. The van der Waals surface area contributed by atoms with Gasteiger partial charge in [0.2, 0.25) is 11.8 Å². The summed E-state index contributed by atoms with van der Waals surface area (Å²) >= 11 is 2.35. The molecule has 20 nitrogen and oxygen atoms in total. The van der Waals surface area contributed by atoms with Gasteiger partial charge in [-0.1, -0.05) is 23.5 Å². The number of hydrogen-bond donors (Lipinski definition) is 6. The van der Waals surface area contributed by atoms with Crippen LogP contribution in [0.2, 0.25) is 0 Å². The van der Waals surface area contributed by atoms with Gasteiger partial charge in [-0.15, -0.1) is 0 Å². The second kappa shape index (κ2) is 49.1. The summed E-state index contributed by atoms with van der Waals surface area (Å²) in [7, 11) is 25.7. The first kappa shape index (κ1) is 64.2. The van der Waals surface area contributed by atoms with Crippen LogP contribution in [0.1, 0.15) is 13.8 Å². The lowest BCUT2D eigenvalue weighted by Crippen LogP contribution is -2.31. The van der Waals surface area contributed by atoms with Gasteiger partial charge in [0.1, 0.15) is 0 Å². The fourth-order valence-electron chi connectivity index (χ4n) is 0.855. The molecule has 0 heterocycles. The minimum atomic E-state index is -0.407. The van der Waals surface area contributed by atoms with Crippen LogP contribution in [0.3, 0.4) is 0 Å². The molecule has 0 bridgehead atoms. The molecule has 6 N–H and O–H groups in total. The maximum atomic E-state index is 10.3. The number of nitrogens with zero attached hydrogens (tertiary/aromatic N) is 4. The fourth-order valence-corrected chi connectivity index (χ4v) is 1.26. The summed E-state index contributed by atoms with van der Waals surface area (Å²) in [4.78, 5) is 86.6.